The summed E-state index contributed by atoms with van der Waals surface area (Å²) in [5.41, 5.74) is 1.40. The highest BCUT2D eigenvalue weighted by atomic mass is 127. The van der Waals surface area contributed by atoms with E-state index in [0.717, 1.165) is 3.57 Å². The van der Waals surface area contributed by atoms with Crippen LogP contribution in [0.25, 0.3) is 0 Å². The van der Waals surface area contributed by atoms with Crippen molar-refractivity contribution in [1.29, 1.82) is 0 Å². The molecule has 5 nitrogen and oxygen atoms in total. The second kappa shape index (κ2) is 8.59. The van der Waals surface area contributed by atoms with Crippen LogP contribution in [0.1, 0.15) is 31.1 Å². The Labute approximate surface area is 172 Å². The number of carbonyl (C=O) groups is 2. The maximum absolute atomic E-state index is 12.3. The molecule has 2 amide bonds. The highest BCUT2D eigenvalue weighted by Gasteiger charge is 2.21. The van der Waals surface area contributed by atoms with Crippen LogP contribution in [0.4, 0.5) is 11.4 Å². The Morgan fingerprint density at radius 2 is 1.58 bits per heavy atom. The van der Waals surface area contributed by atoms with E-state index in [1.54, 1.807) is 36.4 Å². The van der Waals surface area contributed by atoms with Crippen LogP contribution >= 0.6 is 34.8 Å². The molecule has 0 aromatic heterocycles. The first-order valence-electron chi connectivity index (χ1n) is 7.95. The lowest BCUT2D eigenvalue weighted by Gasteiger charge is -2.18. The van der Waals surface area contributed by atoms with Gasteiger partial charge in [-0.2, -0.15) is 0 Å². The Morgan fingerprint density at radius 1 is 0.962 bits per heavy atom. The van der Waals surface area contributed by atoms with Gasteiger partial charge in [0.1, 0.15) is 0 Å². The maximum Gasteiger partial charge on any atom is 0.258 e. The van der Waals surface area contributed by atoms with E-state index in [2.05, 4.69) is 38.5 Å². The van der Waals surface area contributed by atoms with E-state index in [1.807, 2.05) is 32.9 Å². The van der Waals surface area contributed by atoms with Crippen molar-refractivity contribution in [2.45, 2.75) is 20.8 Å². The predicted molar refractivity (Wildman–Crippen MR) is 117 cm³/mol. The normalized spacial score (nSPS) is 10.8. The Bertz CT molecular complexity index is 847. The summed E-state index contributed by atoms with van der Waals surface area (Å²) in [6.45, 7) is 5.54. The number of hydrogen-bond acceptors (Lipinski definition) is 3. The van der Waals surface area contributed by atoms with Gasteiger partial charge in [0.15, 0.2) is 5.11 Å². The largest absolute Gasteiger partial charge is 0.332 e. The lowest BCUT2D eigenvalue weighted by atomic mass is 9.95. The van der Waals surface area contributed by atoms with E-state index in [1.165, 1.54) is 0 Å². The third-order valence-electron chi connectivity index (χ3n) is 3.41. The second-order valence-corrected chi connectivity index (χ2v) is 8.24. The summed E-state index contributed by atoms with van der Waals surface area (Å²) in [7, 11) is 0. The molecule has 0 heterocycles. The van der Waals surface area contributed by atoms with E-state index in [0.29, 0.717) is 16.9 Å². The zero-order chi connectivity index (χ0) is 19.3. The molecular formula is C19H20IN3O2S. The minimum Gasteiger partial charge on any atom is -0.332 e. The van der Waals surface area contributed by atoms with Crippen LogP contribution in [0, 0.1) is 8.99 Å². The molecule has 3 N–H and O–H groups in total. The molecule has 0 atom stereocenters. The molecule has 0 spiro atoms. The molecule has 0 aliphatic heterocycles. The summed E-state index contributed by atoms with van der Waals surface area (Å²) < 4.78 is 0.845. The first kappa shape index (κ1) is 20.3. The van der Waals surface area contributed by atoms with Crippen LogP contribution in [0.5, 0.6) is 0 Å². The third kappa shape index (κ3) is 5.77. The van der Waals surface area contributed by atoms with Crippen molar-refractivity contribution in [3.63, 3.8) is 0 Å². The molecule has 0 fully saturated rings. The minimum atomic E-state index is -0.487. The van der Waals surface area contributed by atoms with Crippen LogP contribution in [0.15, 0.2) is 48.5 Å². The molecule has 0 radical (unpaired) electrons. The minimum absolute atomic E-state index is 0.0795. The first-order chi connectivity index (χ1) is 12.2. The zero-order valence-electron chi connectivity index (χ0n) is 14.7. The van der Waals surface area contributed by atoms with Gasteiger partial charge in [-0.3, -0.25) is 14.9 Å². The number of nitrogens with one attached hydrogen (secondary N) is 3. The number of anilines is 2. The molecule has 26 heavy (non-hydrogen) atoms. The Hall–Kier alpha value is -2.00. The Balaban J connectivity index is 2.01. The van der Waals surface area contributed by atoms with Gasteiger partial charge in [0.25, 0.3) is 5.91 Å². The molecule has 7 heteroatoms. The van der Waals surface area contributed by atoms with Gasteiger partial charge in [-0.25, -0.2) is 0 Å². The summed E-state index contributed by atoms with van der Waals surface area (Å²) >= 11 is 7.32. The average molecular weight is 481 g/mol. The van der Waals surface area contributed by atoms with Gasteiger partial charge in [-0.1, -0.05) is 39.0 Å². The quantitative estimate of drug-likeness (QED) is 0.449. The van der Waals surface area contributed by atoms with Gasteiger partial charge >= 0.3 is 0 Å². The molecule has 0 aliphatic carbocycles. The number of thiocarbonyl (C=S) groups is 1. The number of hydrogen-bond donors (Lipinski definition) is 3. The number of amides is 2. The fraction of sp³-hybridized carbons (Fsp3) is 0.211. The van der Waals surface area contributed by atoms with Crippen molar-refractivity contribution < 1.29 is 9.59 Å². The smallest absolute Gasteiger partial charge is 0.258 e. The molecule has 0 saturated heterocycles. The predicted octanol–water partition coefficient (Wildman–Crippen LogP) is 4.40. The van der Waals surface area contributed by atoms with Crippen molar-refractivity contribution in [1.82, 2.24) is 5.32 Å². The topological polar surface area (TPSA) is 70.2 Å². The van der Waals surface area contributed by atoms with Crippen molar-refractivity contribution in [3.05, 3.63) is 57.7 Å². The second-order valence-electron chi connectivity index (χ2n) is 6.67. The van der Waals surface area contributed by atoms with Crippen LogP contribution in [-0.4, -0.2) is 16.9 Å². The summed E-state index contributed by atoms with van der Waals surface area (Å²) in [5.74, 6) is -0.353. The standard InChI is InChI=1S/C19H20IN3O2S/c1-19(2,3)17(25)21-12-7-6-8-13(11-12)22-18(26)23-16(24)14-9-4-5-10-15(14)20/h4-11H,1-3H3,(H,21,25)(H2,22,23,24,26). The monoisotopic (exact) mass is 481 g/mol. The molecular weight excluding hydrogens is 461 g/mol. The van der Waals surface area contributed by atoms with Gasteiger partial charge < -0.3 is 10.6 Å². The van der Waals surface area contributed by atoms with Crippen molar-refractivity contribution in [2.24, 2.45) is 5.41 Å². The molecule has 2 aromatic rings. The molecule has 0 bridgehead atoms. The van der Waals surface area contributed by atoms with E-state index in [9.17, 15) is 9.59 Å². The SMILES string of the molecule is CC(C)(C)C(=O)Nc1cccc(NC(=S)NC(=O)c2ccccc2I)c1. The van der Waals surface area contributed by atoms with Crippen LogP contribution in [0.2, 0.25) is 0 Å². The number of carbonyl (C=O) groups excluding carboxylic acids is 2. The van der Waals surface area contributed by atoms with E-state index in [4.69, 9.17) is 12.2 Å². The molecule has 136 valence electrons. The van der Waals surface area contributed by atoms with E-state index >= 15 is 0 Å². The van der Waals surface area contributed by atoms with Crippen LogP contribution in [0.3, 0.4) is 0 Å². The van der Waals surface area contributed by atoms with E-state index in [-0.39, 0.29) is 16.9 Å². The van der Waals surface area contributed by atoms with E-state index < -0.39 is 5.41 Å². The first-order valence-corrected chi connectivity index (χ1v) is 9.44. The van der Waals surface area contributed by atoms with Gasteiger partial charge in [0.05, 0.1) is 5.56 Å². The summed E-state index contributed by atoms with van der Waals surface area (Å²) in [6, 6.07) is 14.4. The van der Waals surface area contributed by atoms with Crippen LogP contribution < -0.4 is 16.0 Å². The molecule has 2 rings (SSSR count). The third-order valence-corrected chi connectivity index (χ3v) is 4.55. The Kier molecular flexibility index (Phi) is 6.71. The van der Waals surface area contributed by atoms with Gasteiger partial charge in [0.2, 0.25) is 5.91 Å². The number of rotatable bonds is 3. The van der Waals surface area contributed by atoms with Crippen molar-refractivity contribution >= 4 is 63.1 Å². The number of halogens is 1. The van der Waals surface area contributed by atoms with Gasteiger partial charge in [0, 0.05) is 20.4 Å². The summed E-state index contributed by atoms with van der Waals surface area (Å²) in [6.07, 6.45) is 0. The molecule has 0 unspecified atom stereocenters. The average Bonchev–Trinajstić information content (AvgIpc) is 2.54. The fourth-order valence-electron chi connectivity index (χ4n) is 1.97. The molecule has 0 saturated carbocycles. The fourth-order valence-corrected chi connectivity index (χ4v) is 2.81. The zero-order valence-corrected chi connectivity index (χ0v) is 17.7. The van der Waals surface area contributed by atoms with Crippen molar-refractivity contribution in [3.8, 4) is 0 Å². The summed E-state index contributed by atoms with van der Waals surface area (Å²) in [5, 5.41) is 8.67. The van der Waals surface area contributed by atoms with Gasteiger partial charge in [-0.05, 0) is 65.1 Å². The lowest BCUT2D eigenvalue weighted by Crippen LogP contribution is -2.34. The van der Waals surface area contributed by atoms with Crippen molar-refractivity contribution in [2.75, 3.05) is 10.6 Å². The number of benzene rings is 2. The molecule has 2 aromatic carbocycles. The Morgan fingerprint density at radius 3 is 2.19 bits per heavy atom. The van der Waals surface area contributed by atoms with Gasteiger partial charge in [-0.15, -0.1) is 0 Å². The highest BCUT2D eigenvalue weighted by Crippen LogP contribution is 2.20. The highest BCUT2D eigenvalue weighted by molar-refractivity contribution is 14.1. The van der Waals surface area contributed by atoms with Crippen LogP contribution in [-0.2, 0) is 4.79 Å². The summed E-state index contributed by atoms with van der Waals surface area (Å²) in [4.78, 5) is 24.4. The molecule has 0 aliphatic rings. The maximum atomic E-state index is 12.3. The lowest BCUT2D eigenvalue weighted by molar-refractivity contribution is -0.123.